The smallest absolute Gasteiger partial charge is 0.101 e. The van der Waals surface area contributed by atoms with E-state index in [0.717, 1.165) is 18.7 Å². The summed E-state index contributed by atoms with van der Waals surface area (Å²) in [7, 11) is 0. The minimum atomic E-state index is 0.187. The Bertz CT molecular complexity index is 729. The highest BCUT2D eigenvalue weighted by molar-refractivity contribution is 5.83. The van der Waals surface area contributed by atoms with Crippen LogP contribution in [0, 0.1) is 6.92 Å². The van der Waals surface area contributed by atoms with Crippen LogP contribution in [0.5, 0.6) is 0 Å². The van der Waals surface area contributed by atoms with E-state index >= 15 is 0 Å². The van der Waals surface area contributed by atoms with Crippen molar-refractivity contribution < 1.29 is 4.42 Å². The summed E-state index contributed by atoms with van der Waals surface area (Å²) in [5.74, 6) is 0.953. The number of furan rings is 1. The highest BCUT2D eigenvalue weighted by atomic mass is 16.3. The molecule has 0 aliphatic carbocycles. The van der Waals surface area contributed by atoms with Gasteiger partial charge in [-0.05, 0) is 48.4 Å². The van der Waals surface area contributed by atoms with Crippen LogP contribution in [0.3, 0.4) is 0 Å². The molecule has 0 bridgehead atoms. The zero-order valence-corrected chi connectivity index (χ0v) is 12.6. The van der Waals surface area contributed by atoms with Gasteiger partial charge in [0.1, 0.15) is 5.76 Å². The third-order valence-corrected chi connectivity index (χ3v) is 3.79. The predicted molar refractivity (Wildman–Crippen MR) is 87.5 cm³/mol. The Morgan fingerprint density at radius 2 is 1.81 bits per heavy atom. The molecule has 2 nitrogen and oxygen atoms in total. The maximum absolute atomic E-state index is 5.49. The second kappa shape index (κ2) is 6.15. The van der Waals surface area contributed by atoms with Crippen molar-refractivity contribution in [1.29, 1.82) is 0 Å². The van der Waals surface area contributed by atoms with Gasteiger partial charge >= 0.3 is 0 Å². The zero-order valence-electron chi connectivity index (χ0n) is 12.6. The lowest BCUT2D eigenvalue weighted by molar-refractivity contribution is 0.524. The fourth-order valence-corrected chi connectivity index (χ4v) is 2.72. The molecule has 1 atom stereocenters. The van der Waals surface area contributed by atoms with E-state index in [1.54, 1.807) is 0 Å². The van der Waals surface area contributed by atoms with Gasteiger partial charge in [-0.15, -0.1) is 0 Å². The first-order chi connectivity index (χ1) is 10.3. The van der Waals surface area contributed by atoms with Gasteiger partial charge in [0.15, 0.2) is 0 Å². The third kappa shape index (κ3) is 3.01. The van der Waals surface area contributed by atoms with Gasteiger partial charge in [-0.25, -0.2) is 0 Å². The molecule has 108 valence electrons. The van der Waals surface area contributed by atoms with Gasteiger partial charge in [0.05, 0.1) is 12.3 Å². The summed E-state index contributed by atoms with van der Waals surface area (Å²) in [5, 5.41) is 6.17. The maximum atomic E-state index is 5.49. The van der Waals surface area contributed by atoms with Crippen molar-refractivity contribution in [2.45, 2.75) is 26.3 Å². The molecule has 0 spiro atoms. The van der Waals surface area contributed by atoms with Crippen molar-refractivity contribution in [3.05, 3.63) is 71.7 Å². The van der Waals surface area contributed by atoms with Crippen LogP contribution in [0.1, 0.15) is 36.3 Å². The predicted octanol–water partition coefficient (Wildman–Crippen LogP) is 4.83. The Hall–Kier alpha value is -2.06. The second-order valence-electron chi connectivity index (χ2n) is 5.48. The highest BCUT2D eigenvalue weighted by Crippen LogP contribution is 2.27. The fourth-order valence-electron chi connectivity index (χ4n) is 2.72. The van der Waals surface area contributed by atoms with Gasteiger partial charge in [0.2, 0.25) is 0 Å². The first kappa shape index (κ1) is 13.9. The Balaban J connectivity index is 2.00. The standard InChI is InChI=1S/C19H21NO/c1-3-10-20-19(18-11-14(2)21-13-18)17-9-8-15-6-4-5-7-16(15)12-17/h4-9,11-13,19-20H,3,10H2,1-2H3. The summed E-state index contributed by atoms with van der Waals surface area (Å²) in [6.45, 7) is 5.16. The molecule has 3 rings (SSSR count). The van der Waals surface area contributed by atoms with Crippen LogP contribution < -0.4 is 5.32 Å². The lowest BCUT2D eigenvalue weighted by atomic mass is 9.97. The fraction of sp³-hybridized carbons (Fsp3) is 0.263. The van der Waals surface area contributed by atoms with Crippen molar-refractivity contribution in [2.24, 2.45) is 0 Å². The van der Waals surface area contributed by atoms with Crippen LogP contribution in [0.25, 0.3) is 10.8 Å². The van der Waals surface area contributed by atoms with E-state index in [0.29, 0.717) is 0 Å². The minimum Gasteiger partial charge on any atom is -0.469 e. The summed E-state index contributed by atoms with van der Waals surface area (Å²) >= 11 is 0. The third-order valence-electron chi connectivity index (χ3n) is 3.79. The van der Waals surface area contributed by atoms with Gasteiger partial charge in [-0.1, -0.05) is 43.3 Å². The molecule has 0 amide bonds. The molecule has 0 fully saturated rings. The molecule has 0 aliphatic rings. The summed E-state index contributed by atoms with van der Waals surface area (Å²) in [5.41, 5.74) is 2.47. The quantitative estimate of drug-likeness (QED) is 0.723. The molecule has 0 radical (unpaired) electrons. The number of rotatable bonds is 5. The van der Waals surface area contributed by atoms with Gasteiger partial charge in [0, 0.05) is 5.56 Å². The molecular weight excluding hydrogens is 258 g/mol. The summed E-state index contributed by atoms with van der Waals surface area (Å²) in [6, 6.07) is 17.4. The van der Waals surface area contributed by atoms with Crippen LogP contribution >= 0.6 is 0 Å². The van der Waals surface area contributed by atoms with Gasteiger partial charge in [-0.3, -0.25) is 0 Å². The largest absolute Gasteiger partial charge is 0.469 e. The average Bonchev–Trinajstić information content (AvgIpc) is 2.94. The molecule has 0 saturated heterocycles. The molecule has 0 aliphatic heterocycles. The van der Waals surface area contributed by atoms with Crippen molar-refractivity contribution >= 4 is 10.8 Å². The highest BCUT2D eigenvalue weighted by Gasteiger charge is 2.15. The van der Waals surface area contributed by atoms with Crippen LogP contribution in [-0.4, -0.2) is 6.54 Å². The van der Waals surface area contributed by atoms with Crippen LogP contribution in [0.2, 0.25) is 0 Å². The zero-order chi connectivity index (χ0) is 14.7. The Labute approximate surface area is 125 Å². The van der Waals surface area contributed by atoms with Crippen LogP contribution in [0.15, 0.2) is 59.2 Å². The molecule has 0 saturated carbocycles. The normalized spacial score (nSPS) is 12.7. The number of benzene rings is 2. The van der Waals surface area contributed by atoms with Crippen molar-refractivity contribution in [1.82, 2.24) is 5.32 Å². The molecular formula is C19H21NO. The molecule has 2 heteroatoms. The summed E-state index contributed by atoms with van der Waals surface area (Å²) in [4.78, 5) is 0. The van der Waals surface area contributed by atoms with E-state index in [2.05, 4.69) is 60.8 Å². The Morgan fingerprint density at radius 1 is 1.00 bits per heavy atom. The van der Waals surface area contributed by atoms with E-state index in [1.807, 2.05) is 13.2 Å². The van der Waals surface area contributed by atoms with Gasteiger partial charge in [-0.2, -0.15) is 0 Å². The number of hydrogen-bond donors (Lipinski definition) is 1. The number of hydrogen-bond acceptors (Lipinski definition) is 2. The molecule has 2 aromatic carbocycles. The van der Waals surface area contributed by atoms with Gasteiger partial charge < -0.3 is 9.73 Å². The monoisotopic (exact) mass is 279 g/mol. The van der Waals surface area contributed by atoms with E-state index in [9.17, 15) is 0 Å². The number of nitrogens with one attached hydrogen (secondary N) is 1. The van der Waals surface area contributed by atoms with Crippen molar-refractivity contribution in [3.8, 4) is 0 Å². The van der Waals surface area contributed by atoms with E-state index in [1.165, 1.54) is 21.9 Å². The lowest BCUT2D eigenvalue weighted by Gasteiger charge is -2.18. The first-order valence-electron chi connectivity index (χ1n) is 7.55. The topological polar surface area (TPSA) is 25.2 Å². The van der Waals surface area contributed by atoms with E-state index in [4.69, 9.17) is 4.42 Å². The molecule has 1 N–H and O–H groups in total. The van der Waals surface area contributed by atoms with Gasteiger partial charge in [0.25, 0.3) is 0 Å². The average molecular weight is 279 g/mol. The van der Waals surface area contributed by atoms with Crippen LogP contribution in [0.4, 0.5) is 0 Å². The minimum absolute atomic E-state index is 0.187. The Kier molecular flexibility index (Phi) is 4.07. The second-order valence-corrected chi connectivity index (χ2v) is 5.48. The van der Waals surface area contributed by atoms with E-state index in [-0.39, 0.29) is 6.04 Å². The molecule has 3 aromatic rings. The van der Waals surface area contributed by atoms with Crippen molar-refractivity contribution in [3.63, 3.8) is 0 Å². The molecule has 1 aromatic heterocycles. The first-order valence-corrected chi connectivity index (χ1v) is 7.55. The number of fused-ring (bicyclic) bond motifs is 1. The maximum Gasteiger partial charge on any atom is 0.101 e. The summed E-state index contributed by atoms with van der Waals surface area (Å²) < 4.78 is 5.49. The number of aryl methyl sites for hydroxylation is 1. The molecule has 1 heterocycles. The van der Waals surface area contributed by atoms with Crippen molar-refractivity contribution in [2.75, 3.05) is 6.54 Å². The summed E-state index contributed by atoms with van der Waals surface area (Å²) in [6.07, 6.45) is 2.97. The van der Waals surface area contributed by atoms with Crippen LogP contribution in [-0.2, 0) is 0 Å². The molecule has 1 unspecified atom stereocenters. The lowest BCUT2D eigenvalue weighted by Crippen LogP contribution is -2.22. The SMILES string of the molecule is CCCNC(c1coc(C)c1)c1ccc2ccccc2c1. The Morgan fingerprint density at radius 3 is 2.52 bits per heavy atom. The van der Waals surface area contributed by atoms with E-state index < -0.39 is 0 Å². The molecule has 21 heavy (non-hydrogen) atoms.